The van der Waals surface area contributed by atoms with E-state index in [4.69, 9.17) is 0 Å². The maximum atomic E-state index is 2.57. The summed E-state index contributed by atoms with van der Waals surface area (Å²) in [7, 11) is 0. The Kier molecular flexibility index (Phi) is 4.95. The molecule has 0 saturated heterocycles. The van der Waals surface area contributed by atoms with Gasteiger partial charge in [-0.2, -0.15) is 0 Å². The first-order valence-electron chi connectivity index (χ1n) is 8.65. The molecule has 2 fully saturated rings. The fraction of sp³-hybridized carbons (Fsp3) is 0.600. The molecule has 0 amide bonds. The van der Waals surface area contributed by atoms with E-state index in [9.17, 15) is 0 Å². The van der Waals surface area contributed by atoms with Crippen molar-refractivity contribution in [2.75, 3.05) is 0 Å². The van der Waals surface area contributed by atoms with E-state index in [-0.39, 0.29) is 0 Å². The summed E-state index contributed by atoms with van der Waals surface area (Å²) in [4.78, 5) is 0. The zero-order valence-corrected chi connectivity index (χ0v) is 12.6. The van der Waals surface area contributed by atoms with Crippen LogP contribution in [-0.2, 0) is 0 Å². The van der Waals surface area contributed by atoms with E-state index in [0.717, 1.165) is 17.8 Å². The van der Waals surface area contributed by atoms with Crippen LogP contribution in [0.3, 0.4) is 0 Å². The van der Waals surface area contributed by atoms with E-state index < -0.39 is 0 Å². The molecular weight excluding hydrogens is 240 g/mol. The van der Waals surface area contributed by atoms with Crippen LogP contribution < -0.4 is 0 Å². The first kappa shape index (κ1) is 13.9. The van der Waals surface area contributed by atoms with Crippen LogP contribution in [0, 0.1) is 11.8 Å². The van der Waals surface area contributed by atoms with E-state index in [1.54, 1.807) is 5.56 Å². The lowest BCUT2D eigenvalue weighted by molar-refractivity contribution is 0.370. The van der Waals surface area contributed by atoms with E-state index in [2.05, 4.69) is 42.5 Å². The molecule has 0 nitrogen and oxygen atoms in total. The van der Waals surface area contributed by atoms with Crippen molar-refractivity contribution in [3.8, 4) is 0 Å². The van der Waals surface area contributed by atoms with E-state index in [0.29, 0.717) is 0 Å². The predicted molar refractivity (Wildman–Crippen MR) is 86.9 cm³/mol. The lowest BCUT2D eigenvalue weighted by Crippen LogP contribution is -2.12. The van der Waals surface area contributed by atoms with Crippen molar-refractivity contribution in [2.45, 2.75) is 63.7 Å². The molecule has 0 N–H and O–H groups in total. The Morgan fingerprint density at radius 1 is 0.650 bits per heavy atom. The minimum Gasteiger partial charge on any atom is -0.0851 e. The van der Waals surface area contributed by atoms with Crippen molar-refractivity contribution in [3.05, 3.63) is 48.0 Å². The first-order valence-corrected chi connectivity index (χ1v) is 8.65. The third-order valence-electron chi connectivity index (χ3n) is 5.35. The van der Waals surface area contributed by atoms with Gasteiger partial charge in [-0.3, -0.25) is 0 Å². The largest absolute Gasteiger partial charge is 0.0851 e. The van der Waals surface area contributed by atoms with Gasteiger partial charge in [-0.15, -0.1) is 0 Å². The summed E-state index contributed by atoms with van der Waals surface area (Å²) in [5.41, 5.74) is 1.56. The van der Waals surface area contributed by atoms with Gasteiger partial charge in [0.2, 0.25) is 0 Å². The molecule has 0 radical (unpaired) electrons. The van der Waals surface area contributed by atoms with Gasteiger partial charge in [0.15, 0.2) is 0 Å². The van der Waals surface area contributed by atoms with Crippen LogP contribution in [-0.4, -0.2) is 0 Å². The monoisotopic (exact) mass is 268 g/mol. The van der Waals surface area contributed by atoms with Crippen molar-refractivity contribution >= 4 is 0 Å². The smallest absolute Gasteiger partial charge is 0.0162 e. The van der Waals surface area contributed by atoms with Gasteiger partial charge in [-0.25, -0.2) is 0 Å². The lowest BCUT2D eigenvalue weighted by atomic mass is 9.78. The summed E-state index contributed by atoms with van der Waals surface area (Å²) < 4.78 is 0. The summed E-state index contributed by atoms with van der Waals surface area (Å²) >= 11 is 0. The molecule has 0 heteroatoms. The number of hydrogen-bond acceptors (Lipinski definition) is 0. The van der Waals surface area contributed by atoms with Gasteiger partial charge in [-0.1, -0.05) is 61.7 Å². The van der Waals surface area contributed by atoms with Crippen molar-refractivity contribution in [3.63, 3.8) is 0 Å². The Balaban J connectivity index is 1.47. The highest BCUT2D eigenvalue weighted by molar-refractivity contribution is 5.20. The van der Waals surface area contributed by atoms with Crippen LogP contribution in [0.5, 0.6) is 0 Å². The predicted octanol–water partition coefficient (Wildman–Crippen LogP) is 6.10. The molecule has 3 rings (SSSR count). The average Bonchev–Trinajstić information content (AvgIpc) is 2.55. The molecule has 0 atom stereocenters. The van der Waals surface area contributed by atoms with Crippen LogP contribution in [0.15, 0.2) is 42.5 Å². The third-order valence-corrected chi connectivity index (χ3v) is 5.35. The maximum absolute atomic E-state index is 2.57. The highest BCUT2D eigenvalue weighted by Crippen LogP contribution is 2.36. The lowest BCUT2D eigenvalue weighted by Gasteiger charge is -2.27. The molecule has 2 aliphatic rings. The van der Waals surface area contributed by atoms with Crippen LogP contribution in [0.1, 0.15) is 69.3 Å². The Morgan fingerprint density at radius 2 is 1.25 bits per heavy atom. The van der Waals surface area contributed by atoms with Crippen LogP contribution in [0.2, 0.25) is 0 Å². The second kappa shape index (κ2) is 7.11. The normalized spacial score (nSPS) is 28.8. The number of hydrogen-bond donors (Lipinski definition) is 0. The summed E-state index contributed by atoms with van der Waals surface area (Å²) in [5, 5.41) is 0. The molecule has 108 valence electrons. The van der Waals surface area contributed by atoms with Gasteiger partial charge in [0.25, 0.3) is 0 Å². The minimum absolute atomic E-state index is 0.815. The Hall–Kier alpha value is -1.04. The van der Waals surface area contributed by atoms with E-state index in [1.807, 2.05) is 0 Å². The average molecular weight is 268 g/mol. The summed E-state index contributed by atoms with van der Waals surface area (Å²) in [5.74, 6) is 2.57. The second-order valence-electron chi connectivity index (χ2n) is 6.81. The van der Waals surface area contributed by atoms with Crippen LogP contribution in [0.4, 0.5) is 0 Å². The van der Waals surface area contributed by atoms with Gasteiger partial charge < -0.3 is 0 Å². The zero-order chi connectivity index (χ0) is 13.6. The molecule has 1 aromatic rings. The van der Waals surface area contributed by atoms with Crippen molar-refractivity contribution in [2.24, 2.45) is 11.8 Å². The van der Waals surface area contributed by atoms with Crippen molar-refractivity contribution in [1.29, 1.82) is 0 Å². The summed E-state index contributed by atoms with van der Waals surface area (Å²) in [6.07, 6.45) is 17.9. The molecule has 0 spiro atoms. The SMILES string of the molecule is C(=CC1CCC(c2ccccc2)CC1)C1CCCCC1. The zero-order valence-electron chi connectivity index (χ0n) is 12.6. The quantitative estimate of drug-likeness (QED) is 0.581. The fourth-order valence-electron chi connectivity index (χ4n) is 4.01. The highest BCUT2D eigenvalue weighted by Gasteiger charge is 2.21. The molecule has 0 aromatic heterocycles. The van der Waals surface area contributed by atoms with Crippen LogP contribution in [0.25, 0.3) is 0 Å². The standard InChI is InChI=1S/C20H28/c1-3-7-17(8-4-1)11-12-18-13-15-20(16-14-18)19-9-5-2-6-10-19/h2,5-6,9-12,17-18,20H,1,3-4,7-8,13-16H2. The molecule has 0 aliphatic heterocycles. The second-order valence-corrected chi connectivity index (χ2v) is 6.81. The Morgan fingerprint density at radius 3 is 1.90 bits per heavy atom. The minimum atomic E-state index is 0.815. The van der Waals surface area contributed by atoms with Crippen molar-refractivity contribution < 1.29 is 0 Å². The molecule has 0 heterocycles. The topological polar surface area (TPSA) is 0 Å². The summed E-state index contributed by atoms with van der Waals surface area (Å²) in [6, 6.07) is 11.1. The molecule has 0 bridgehead atoms. The van der Waals surface area contributed by atoms with Gasteiger partial charge in [-0.05, 0) is 61.8 Å². The molecular formula is C20H28. The van der Waals surface area contributed by atoms with Gasteiger partial charge >= 0.3 is 0 Å². The van der Waals surface area contributed by atoms with Crippen molar-refractivity contribution in [1.82, 2.24) is 0 Å². The summed E-state index contributed by atoms with van der Waals surface area (Å²) in [6.45, 7) is 0. The van der Waals surface area contributed by atoms with E-state index in [1.165, 1.54) is 57.8 Å². The molecule has 1 aromatic carbocycles. The number of rotatable bonds is 3. The molecule has 20 heavy (non-hydrogen) atoms. The molecule has 2 saturated carbocycles. The molecule has 2 aliphatic carbocycles. The Bertz CT molecular complexity index is 403. The van der Waals surface area contributed by atoms with Gasteiger partial charge in [0, 0.05) is 0 Å². The van der Waals surface area contributed by atoms with Crippen LogP contribution >= 0.6 is 0 Å². The van der Waals surface area contributed by atoms with Gasteiger partial charge in [0.05, 0.1) is 0 Å². The molecule has 0 unspecified atom stereocenters. The fourth-order valence-corrected chi connectivity index (χ4v) is 4.01. The third kappa shape index (κ3) is 3.75. The Labute approximate surface area is 124 Å². The van der Waals surface area contributed by atoms with E-state index >= 15 is 0 Å². The van der Waals surface area contributed by atoms with Gasteiger partial charge in [0.1, 0.15) is 0 Å². The number of allylic oxidation sites excluding steroid dienone is 2. The maximum Gasteiger partial charge on any atom is -0.0162 e. The number of benzene rings is 1. The highest BCUT2D eigenvalue weighted by atomic mass is 14.3. The first-order chi connectivity index (χ1) is 9.92.